The van der Waals surface area contributed by atoms with Crippen molar-refractivity contribution in [2.75, 3.05) is 13.1 Å². The number of hydrogen-bond acceptors (Lipinski definition) is 2. The molecule has 0 aliphatic carbocycles. The van der Waals surface area contributed by atoms with E-state index >= 15 is 0 Å². The maximum Gasteiger partial charge on any atom is 0.223 e. The molecule has 3 nitrogen and oxygen atoms in total. The summed E-state index contributed by atoms with van der Waals surface area (Å²) < 4.78 is 13.4. The molecule has 108 valence electrons. The van der Waals surface area contributed by atoms with Gasteiger partial charge in [-0.15, -0.1) is 0 Å². The average Bonchev–Trinajstić information content (AvgIpc) is 2.46. The van der Waals surface area contributed by atoms with Crippen LogP contribution in [0.15, 0.2) is 18.2 Å². The summed E-state index contributed by atoms with van der Waals surface area (Å²) in [5.74, 6) is 0.359. The van der Waals surface area contributed by atoms with Crippen LogP contribution in [0, 0.1) is 11.7 Å². The fourth-order valence-electron chi connectivity index (χ4n) is 3.30. The van der Waals surface area contributed by atoms with Crippen LogP contribution < -0.4 is 5.32 Å². The lowest BCUT2D eigenvalue weighted by Gasteiger charge is -2.44. The number of carbonyl (C=O) groups is 1. The molecule has 5 heteroatoms. The number of carbonyl (C=O) groups excluding carboxylic acids is 1. The van der Waals surface area contributed by atoms with E-state index in [1.54, 1.807) is 6.07 Å². The van der Waals surface area contributed by atoms with Crippen molar-refractivity contribution >= 4 is 17.5 Å². The highest BCUT2D eigenvalue weighted by Gasteiger charge is 2.37. The largest absolute Gasteiger partial charge is 0.335 e. The third-order valence-corrected chi connectivity index (χ3v) is 4.73. The Morgan fingerprint density at radius 1 is 1.40 bits per heavy atom. The molecule has 0 spiro atoms. The van der Waals surface area contributed by atoms with Crippen LogP contribution in [0.4, 0.5) is 4.39 Å². The number of likely N-dealkylation sites (tertiary alicyclic amines) is 1. The van der Waals surface area contributed by atoms with E-state index in [1.165, 1.54) is 12.1 Å². The van der Waals surface area contributed by atoms with Gasteiger partial charge in [-0.25, -0.2) is 4.39 Å². The topological polar surface area (TPSA) is 32.3 Å². The molecule has 20 heavy (non-hydrogen) atoms. The van der Waals surface area contributed by atoms with Gasteiger partial charge >= 0.3 is 0 Å². The average molecular weight is 297 g/mol. The number of hydrogen-bond donors (Lipinski definition) is 1. The smallest absolute Gasteiger partial charge is 0.223 e. The molecule has 0 bridgehead atoms. The molecule has 2 atom stereocenters. The fraction of sp³-hybridized carbons (Fsp3) is 0.533. The number of halogens is 2. The van der Waals surface area contributed by atoms with Crippen LogP contribution in [-0.2, 0) is 11.3 Å². The van der Waals surface area contributed by atoms with Gasteiger partial charge in [-0.3, -0.25) is 4.79 Å². The molecule has 1 aromatic rings. The van der Waals surface area contributed by atoms with Gasteiger partial charge in [0.2, 0.25) is 5.91 Å². The summed E-state index contributed by atoms with van der Waals surface area (Å²) in [5.41, 5.74) is 0.694. The normalized spacial score (nSPS) is 26.5. The van der Waals surface area contributed by atoms with E-state index < -0.39 is 0 Å². The molecule has 1 N–H and O–H groups in total. The fourth-order valence-corrected chi connectivity index (χ4v) is 3.48. The quantitative estimate of drug-likeness (QED) is 0.910. The minimum absolute atomic E-state index is 0.161. The molecular formula is C15H18ClFN2O. The van der Waals surface area contributed by atoms with Crippen molar-refractivity contribution in [1.29, 1.82) is 0 Å². The van der Waals surface area contributed by atoms with Crippen LogP contribution in [0.3, 0.4) is 0 Å². The van der Waals surface area contributed by atoms with E-state index in [9.17, 15) is 9.18 Å². The molecule has 2 unspecified atom stereocenters. The summed E-state index contributed by atoms with van der Waals surface area (Å²) in [6.07, 6.45) is 2.49. The molecule has 1 amide bonds. The highest BCUT2D eigenvalue weighted by atomic mass is 35.5. The maximum absolute atomic E-state index is 13.4. The molecule has 3 rings (SSSR count). The minimum Gasteiger partial charge on any atom is -0.335 e. The van der Waals surface area contributed by atoms with Gasteiger partial charge in [-0.1, -0.05) is 11.6 Å². The summed E-state index contributed by atoms with van der Waals surface area (Å²) in [6, 6.07) is 4.59. The first kappa shape index (κ1) is 13.8. The standard InChI is InChI=1S/C15H18ClFN2O/c16-13-3-2-12(17)7-11(13)9-19-14-5-6-18-8-10(14)1-4-15(19)20/h2-3,7,10,14,18H,1,4-6,8-9H2. The second-order valence-corrected chi connectivity index (χ2v) is 6.02. The molecule has 1 aromatic carbocycles. The summed E-state index contributed by atoms with van der Waals surface area (Å²) in [4.78, 5) is 14.1. The van der Waals surface area contributed by atoms with E-state index in [1.807, 2.05) is 4.90 Å². The number of benzene rings is 1. The van der Waals surface area contributed by atoms with E-state index in [2.05, 4.69) is 5.32 Å². The van der Waals surface area contributed by atoms with Crippen molar-refractivity contribution < 1.29 is 9.18 Å². The van der Waals surface area contributed by atoms with Crippen molar-refractivity contribution in [3.8, 4) is 0 Å². The monoisotopic (exact) mass is 296 g/mol. The summed E-state index contributed by atoms with van der Waals surface area (Å²) in [6.45, 7) is 2.31. The molecular weight excluding hydrogens is 279 g/mol. The van der Waals surface area contributed by atoms with E-state index in [-0.39, 0.29) is 17.8 Å². The van der Waals surface area contributed by atoms with Crippen molar-refractivity contribution in [2.45, 2.75) is 31.8 Å². The molecule has 2 aliphatic rings. The lowest BCUT2D eigenvalue weighted by atomic mass is 9.84. The number of nitrogens with one attached hydrogen (secondary N) is 1. The zero-order valence-corrected chi connectivity index (χ0v) is 12.0. The van der Waals surface area contributed by atoms with Crippen LogP contribution >= 0.6 is 11.6 Å². The van der Waals surface area contributed by atoms with Gasteiger partial charge in [0.1, 0.15) is 5.82 Å². The zero-order valence-electron chi connectivity index (χ0n) is 11.2. The first-order valence-electron chi connectivity index (χ1n) is 7.09. The Hall–Kier alpha value is -1.13. The third-order valence-electron chi connectivity index (χ3n) is 4.37. The van der Waals surface area contributed by atoms with Crippen molar-refractivity contribution in [2.24, 2.45) is 5.92 Å². The molecule has 0 aromatic heterocycles. The van der Waals surface area contributed by atoms with Crippen LogP contribution in [0.5, 0.6) is 0 Å². The van der Waals surface area contributed by atoms with E-state index in [4.69, 9.17) is 11.6 Å². The highest BCUT2D eigenvalue weighted by molar-refractivity contribution is 6.31. The predicted molar refractivity (Wildman–Crippen MR) is 76.0 cm³/mol. The zero-order chi connectivity index (χ0) is 14.1. The van der Waals surface area contributed by atoms with Crippen molar-refractivity contribution in [3.63, 3.8) is 0 Å². The van der Waals surface area contributed by atoms with Crippen LogP contribution in [0.1, 0.15) is 24.8 Å². The Balaban J connectivity index is 1.83. The first-order chi connectivity index (χ1) is 9.65. The number of piperidine rings is 2. The third kappa shape index (κ3) is 2.67. The van der Waals surface area contributed by atoms with Gasteiger partial charge in [0.05, 0.1) is 0 Å². The van der Waals surface area contributed by atoms with Crippen LogP contribution in [-0.4, -0.2) is 29.9 Å². The van der Waals surface area contributed by atoms with Gasteiger partial charge in [0, 0.05) is 24.0 Å². The van der Waals surface area contributed by atoms with Gasteiger partial charge < -0.3 is 10.2 Å². The summed E-state index contributed by atoms with van der Waals surface area (Å²) in [7, 11) is 0. The van der Waals surface area contributed by atoms with Gasteiger partial charge in [-0.05, 0) is 55.6 Å². The SMILES string of the molecule is O=C1CCC2CNCCC2N1Cc1cc(F)ccc1Cl. The van der Waals surface area contributed by atoms with Gasteiger partial charge in [0.25, 0.3) is 0 Å². The summed E-state index contributed by atoms with van der Waals surface area (Å²) >= 11 is 6.12. The molecule has 2 saturated heterocycles. The second kappa shape index (κ2) is 5.70. The first-order valence-corrected chi connectivity index (χ1v) is 7.47. The Morgan fingerprint density at radius 2 is 2.25 bits per heavy atom. The van der Waals surface area contributed by atoms with E-state index in [0.29, 0.717) is 29.5 Å². The molecule has 0 radical (unpaired) electrons. The minimum atomic E-state index is -0.310. The molecule has 0 saturated carbocycles. The summed E-state index contributed by atoms with van der Waals surface area (Å²) in [5, 5.41) is 3.90. The maximum atomic E-state index is 13.4. The number of amides is 1. The lowest BCUT2D eigenvalue weighted by molar-refractivity contribution is -0.140. The van der Waals surface area contributed by atoms with Crippen LogP contribution in [0.25, 0.3) is 0 Å². The second-order valence-electron chi connectivity index (χ2n) is 5.62. The lowest BCUT2D eigenvalue weighted by Crippen LogP contribution is -2.54. The highest BCUT2D eigenvalue weighted by Crippen LogP contribution is 2.31. The number of rotatable bonds is 2. The molecule has 2 heterocycles. The number of fused-ring (bicyclic) bond motifs is 1. The van der Waals surface area contributed by atoms with Crippen molar-refractivity contribution in [1.82, 2.24) is 10.2 Å². The van der Waals surface area contributed by atoms with E-state index in [0.717, 1.165) is 25.9 Å². The van der Waals surface area contributed by atoms with Gasteiger partial charge in [0.15, 0.2) is 0 Å². The molecule has 2 fully saturated rings. The van der Waals surface area contributed by atoms with Gasteiger partial charge in [-0.2, -0.15) is 0 Å². The Labute approximate surface area is 123 Å². The number of nitrogens with zero attached hydrogens (tertiary/aromatic N) is 1. The Morgan fingerprint density at radius 3 is 3.10 bits per heavy atom. The molecule has 2 aliphatic heterocycles. The predicted octanol–water partition coefficient (Wildman–Crippen LogP) is 2.58. The Bertz CT molecular complexity index is 523. The Kier molecular flexibility index (Phi) is 3.94. The van der Waals surface area contributed by atoms with Crippen LogP contribution in [0.2, 0.25) is 5.02 Å². The van der Waals surface area contributed by atoms with Crippen molar-refractivity contribution in [3.05, 3.63) is 34.6 Å².